The van der Waals surface area contributed by atoms with Gasteiger partial charge in [-0.25, -0.2) is 9.18 Å². The third kappa shape index (κ3) is 4.42. The van der Waals surface area contributed by atoms with Crippen LogP contribution < -0.4 is 0 Å². The van der Waals surface area contributed by atoms with Gasteiger partial charge in [-0.1, -0.05) is 32.1 Å². The SMILES string of the molecule is CC1=C(Cc2cccc(F)c2)C(=O)CC(C)(C)[C@]1(O)/C=C/C(C)=C\C(=O)O. The van der Waals surface area contributed by atoms with Gasteiger partial charge >= 0.3 is 5.97 Å². The topological polar surface area (TPSA) is 74.6 Å². The maximum atomic E-state index is 13.5. The standard InChI is InChI=1S/C22H25FO4/c1-14(10-20(25)26)8-9-22(27)15(2)18(19(24)13-21(22,3)4)12-16-6-5-7-17(23)11-16/h5-11,27H,12-13H2,1-4H3,(H,25,26)/b9-8+,14-10-/t22-/m0/s1. The summed E-state index contributed by atoms with van der Waals surface area (Å²) in [6, 6.07) is 6.05. The molecule has 2 rings (SSSR count). The van der Waals surface area contributed by atoms with E-state index >= 15 is 0 Å². The Morgan fingerprint density at radius 2 is 2.00 bits per heavy atom. The molecular weight excluding hydrogens is 347 g/mol. The number of carboxylic acid groups (broad SMARTS) is 1. The molecule has 0 heterocycles. The van der Waals surface area contributed by atoms with E-state index in [4.69, 9.17) is 5.11 Å². The van der Waals surface area contributed by atoms with Crippen molar-refractivity contribution in [2.45, 2.75) is 46.1 Å². The van der Waals surface area contributed by atoms with Gasteiger partial charge in [-0.05, 0) is 48.8 Å². The lowest BCUT2D eigenvalue weighted by Gasteiger charge is -2.45. The van der Waals surface area contributed by atoms with E-state index < -0.39 is 17.0 Å². The molecule has 0 saturated carbocycles. The zero-order valence-electron chi connectivity index (χ0n) is 16.0. The number of halogens is 1. The molecule has 4 nitrogen and oxygen atoms in total. The van der Waals surface area contributed by atoms with Crippen LogP contribution in [0, 0.1) is 11.2 Å². The van der Waals surface area contributed by atoms with Crippen molar-refractivity contribution in [1.82, 2.24) is 0 Å². The number of hydrogen-bond donors (Lipinski definition) is 2. The Hall–Kier alpha value is -2.53. The minimum Gasteiger partial charge on any atom is -0.478 e. The number of aliphatic carboxylic acids is 1. The number of Topliss-reactive ketones (excluding diaryl/α,β-unsaturated/α-hetero) is 1. The highest BCUT2D eigenvalue weighted by Gasteiger charge is 2.49. The first-order valence-corrected chi connectivity index (χ1v) is 8.77. The predicted octanol–water partition coefficient (Wildman–Crippen LogP) is 4.00. The lowest BCUT2D eigenvalue weighted by molar-refractivity contribution is -0.131. The van der Waals surface area contributed by atoms with Gasteiger partial charge < -0.3 is 10.2 Å². The summed E-state index contributed by atoms with van der Waals surface area (Å²) in [5.41, 5.74) is -0.0790. The van der Waals surface area contributed by atoms with Crippen molar-refractivity contribution >= 4 is 11.8 Å². The first-order chi connectivity index (χ1) is 12.5. The second-order valence-corrected chi connectivity index (χ2v) is 7.72. The van der Waals surface area contributed by atoms with Crippen LogP contribution in [0.25, 0.3) is 0 Å². The number of ketones is 1. The van der Waals surface area contributed by atoms with Crippen LogP contribution in [-0.4, -0.2) is 27.6 Å². The van der Waals surface area contributed by atoms with Crippen molar-refractivity contribution in [3.05, 3.63) is 70.6 Å². The molecule has 0 aliphatic heterocycles. The molecule has 1 aliphatic carbocycles. The van der Waals surface area contributed by atoms with Gasteiger partial charge in [0.2, 0.25) is 0 Å². The van der Waals surface area contributed by atoms with Crippen molar-refractivity contribution in [1.29, 1.82) is 0 Å². The molecule has 27 heavy (non-hydrogen) atoms. The van der Waals surface area contributed by atoms with Crippen LogP contribution in [0.2, 0.25) is 0 Å². The Bertz CT molecular complexity index is 861. The number of carboxylic acids is 1. The van der Waals surface area contributed by atoms with E-state index in [0.29, 0.717) is 22.3 Å². The number of benzene rings is 1. The summed E-state index contributed by atoms with van der Waals surface area (Å²) in [4.78, 5) is 23.5. The largest absolute Gasteiger partial charge is 0.478 e. The van der Waals surface area contributed by atoms with Crippen LogP contribution in [0.4, 0.5) is 4.39 Å². The molecule has 1 aliphatic rings. The quantitative estimate of drug-likeness (QED) is 0.605. The summed E-state index contributed by atoms with van der Waals surface area (Å²) in [5.74, 6) is -1.52. The Labute approximate surface area is 158 Å². The van der Waals surface area contributed by atoms with Crippen LogP contribution in [-0.2, 0) is 16.0 Å². The summed E-state index contributed by atoms with van der Waals surface area (Å²) in [6.07, 6.45) is 4.52. The van der Waals surface area contributed by atoms with Crippen molar-refractivity contribution in [3.8, 4) is 0 Å². The second kappa shape index (κ2) is 7.61. The molecule has 1 aromatic rings. The Morgan fingerprint density at radius 1 is 1.33 bits per heavy atom. The average Bonchev–Trinajstić information content (AvgIpc) is 2.54. The van der Waals surface area contributed by atoms with Crippen molar-refractivity contribution in [2.75, 3.05) is 0 Å². The number of carbonyl (C=O) groups is 2. The van der Waals surface area contributed by atoms with Gasteiger partial charge in [0.15, 0.2) is 5.78 Å². The second-order valence-electron chi connectivity index (χ2n) is 7.72. The number of hydrogen-bond acceptors (Lipinski definition) is 3. The number of carbonyl (C=O) groups excluding carboxylic acids is 1. The number of rotatable bonds is 5. The Kier molecular flexibility index (Phi) is 5.85. The van der Waals surface area contributed by atoms with Crippen LogP contribution in [0.3, 0.4) is 0 Å². The highest BCUT2D eigenvalue weighted by Crippen LogP contribution is 2.47. The summed E-state index contributed by atoms with van der Waals surface area (Å²) >= 11 is 0. The normalized spacial score (nSPS) is 23.2. The lowest BCUT2D eigenvalue weighted by Crippen LogP contribution is -2.49. The maximum Gasteiger partial charge on any atom is 0.328 e. The molecule has 0 radical (unpaired) electrons. The van der Waals surface area contributed by atoms with Crippen LogP contribution in [0.1, 0.15) is 39.7 Å². The van der Waals surface area contributed by atoms with Crippen molar-refractivity contribution < 1.29 is 24.2 Å². The fourth-order valence-electron chi connectivity index (χ4n) is 3.52. The summed E-state index contributed by atoms with van der Waals surface area (Å²) < 4.78 is 13.5. The average molecular weight is 372 g/mol. The molecule has 5 heteroatoms. The van der Waals surface area contributed by atoms with Crippen molar-refractivity contribution in [3.63, 3.8) is 0 Å². The minimum absolute atomic E-state index is 0.0716. The van der Waals surface area contributed by atoms with E-state index in [1.54, 1.807) is 52.0 Å². The number of allylic oxidation sites excluding steroid dienone is 3. The van der Waals surface area contributed by atoms with Crippen LogP contribution in [0.5, 0.6) is 0 Å². The maximum absolute atomic E-state index is 13.5. The van der Waals surface area contributed by atoms with Crippen LogP contribution >= 0.6 is 0 Å². The molecule has 0 bridgehead atoms. The van der Waals surface area contributed by atoms with E-state index in [1.165, 1.54) is 12.1 Å². The fourth-order valence-corrected chi connectivity index (χ4v) is 3.52. The van der Waals surface area contributed by atoms with Gasteiger partial charge in [-0.2, -0.15) is 0 Å². The summed E-state index contributed by atoms with van der Waals surface area (Å²) in [6.45, 7) is 6.93. The molecule has 144 valence electrons. The summed E-state index contributed by atoms with van der Waals surface area (Å²) in [5, 5.41) is 20.3. The Morgan fingerprint density at radius 3 is 2.59 bits per heavy atom. The smallest absolute Gasteiger partial charge is 0.328 e. The monoisotopic (exact) mass is 372 g/mol. The summed E-state index contributed by atoms with van der Waals surface area (Å²) in [7, 11) is 0. The van der Waals surface area contributed by atoms with Gasteiger partial charge in [-0.3, -0.25) is 4.79 Å². The molecule has 1 aromatic carbocycles. The van der Waals surface area contributed by atoms with Gasteiger partial charge in [0.25, 0.3) is 0 Å². The molecule has 0 amide bonds. The third-order valence-corrected chi connectivity index (χ3v) is 5.20. The Balaban J connectivity index is 2.50. The van der Waals surface area contributed by atoms with E-state index in [-0.39, 0.29) is 24.4 Å². The minimum atomic E-state index is -1.42. The molecule has 0 unspecified atom stereocenters. The zero-order chi connectivity index (χ0) is 20.4. The van der Waals surface area contributed by atoms with Gasteiger partial charge in [0, 0.05) is 29.9 Å². The highest BCUT2D eigenvalue weighted by molar-refractivity contribution is 5.98. The fraction of sp³-hybridized carbons (Fsp3) is 0.364. The third-order valence-electron chi connectivity index (χ3n) is 5.20. The molecule has 1 atom stereocenters. The molecule has 0 saturated heterocycles. The molecule has 0 aromatic heterocycles. The first-order valence-electron chi connectivity index (χ1n) is 8.77. The van der Waals surface area contributed by atoms with Gasteiger partial charge in [0.1, 0.15) is 11.4 Å². The van der Waals surface area contributed by atoms with Crippen molar-refractivity contribution in [2.24, 2.45) is 5.41 Å². The predicted molar refractivity (Wildman–Crippen MR) is 102 cm³/mol. The lowest BCUT2D eigenvalue weighted by atomic mass is 9.62. The van der Waals surface area contributed by atoms with Crippen LogP contribution in [0.15, 0.2) is 59.2 Å². The molecule has 2 N–H and O–H groups in total. The van der Waals surface area contributed by atoms with Gasteiger partial charge in [0.05, 0.1) is 0 Å². The molecule has 0 spiro atoms. The molecule has 0 fully saturated rings. The highest BCUT2D eigenvalue weighted by atomic mass is 19.1. The molecular formula is C22H25FO4. The van der Waals surface area contributed by atoms with Gasteiger partial charge in [-0.15, -0.1) is 0 Å². The van der Waals surface area contributed by atoms with E-state index in [2.05, 4.69) is 0 Å². The van der Waals surface area contributed by atoms with E-state index in [1.807, 2.05) is 0 Å². The zero-order valence-corrected chi connectivity index (χ0v) is 16.0. The van der Waals surface area contributed by atoms with E-state index in [9.17, 15) is 19.1 Å². The van der Waals surface area contributed by atoms with E-state index in [0.717, 1.165) is 6.08 Å². The first kappa shape index (κ1) is 20.8. The number of aliphatic hydroxyl groups is 1.